The zero-order chi connectivity index (χ0) is 13.8. The Bertz CT molecular complexity index is 589. The molecule has 0 N–H and O–H groups in total. The van der Waals surface area contributed by atoms with E-state index in [-0.39, 0.29) is 0 Å². The number of fused-ring (bicyclic) bond motifs is 1. The average molecular weight is 287 g/mol. The van der Waals surface area contributed by atoms with Crippen LogP contribution in [0.25, 0.3) is 11.4 Å². The zero-order valence-corrected chi connectivity index (χ0v) is 12.3. The maximum Gasteiger partial charge on any atom is 0.160 e. The number of rotatable bonds is 5. The molecule has 0 fully saturated rings. The van der Waals surface area contributed by atoms with E-state index in [9.17, 15) is 0 Å². The lowest BCUT2D eigenvalue weighted by molar-refractivity contribution is 0.218. The van der Waals surface area contributed by atoms with E-state index in [1.807, 2.05) is 12.1 Å². The Labute approximate surface area is 123 Å². The molecule has 1 aliphatic rings. The highest BCUT2D eigenvalue weighted by molar-refractivity contribution is 7.99. The molecule has 0 saturated heterocycles. The van der Waals surface area contributed by atoms with E-state index in [0.29, 0.717) is 0 Å². The van der Waals surface area contributed by atoms with Crippen LogP contribution in [-0.4, -0.2) is 34.4 Å². The van der Waals surface area contributed by atoms with E-state index < -0.39 is 0 Å². The van der Waals surface area contributed by atoms with Gasteiger partial charge in [-0.1, -0.05) is 0 Å². The number of hydrogen-bond acceptors (Lipinski definition) is 5. The Kier molecular flexibility index (Phi) is 4.28. The van der Waals surface area contributed by atoms with Gasteiger partial charge in [-0.15, -0.1) is 11.8 Å². The van der Waals surface area contributed by atoms with Gasteiger partial charge >= 0.3 is 0 Å². The molecule has 2 heterocycles. The van der Waals surface area contributed by atoms with Crippen molar-refractivity contribution in [3.8, 4) is 11.4 Å². The predicted octanol–water partition coefficient (Wildman–Crippen LogP) is 2.77. The maximum atomic E-state index is 5.13. The third-order valence-corrected chi connectivity index (χ3v) is 4.34. The van der Waals surface area contributed by atoms with Gasteiger partial charge in [-0.05, 0) is 31.4 Å². The largest absolute Gasteiger partial charge is 0.384 e. The van der Waals surface area contributed by atoms with Gasteiger partial charge < -0.3 is 4.74 Å². The summed E-state index contributed by atoms with van der Waals surface area (Å²) in [6, 6.07) is 3.92. The highest BCUT2D eigenvalue weighted by Gasteiger charge is 2.20. The number of thioether (sulfide) groups is 1. The topological polar surface area (TPSA) is 47.9 Å². The van der Waals surface area contributed by atoms with Crippen molar-refractivity contribution < 1.29 is 4.74 Å². The first-order chi connectivity index (χ1) is 9.88. The fourth-order valence-electron chi connectivity index (χ4n) is 2.37. The Hall–Kier alpha value is -1.46. The minimum atomic E-state index is 0.744. The van der Waals surface area contributed by atoms with Gasteiger partial charge in [0.15, 0.2) is 5.82 Å². The van der Waals surface area contributed by atoms with Crippen molar-refractivity contribution >= 4 is 11.8 Å². The Balaban J connectivity index is 1.94. The second-order valence-electron chi connectivity index (χ2n) is 4.71. The van der Waals surface area contributed by atoms with Crippen molar-refractivity contribution in [3.05, 3.63) is 35.8 Å². The van der Waals surface area contributed by atoms with E-state index in [4.69, 9.17) is 14.7 Å². The van der Waals surface area contributed by atoms with E-state index in [0.717, 1.165) is 41.6 Å². The molecule has 0 atom stereocenters. The number of hydrogen-bond donors (Lipinski definition) is 0. The highest BCUT2D eigenvalue weighted by atomic mass is 32.2. The molecule has 0 aliphatic heterocycles. The summed E-state index contributed by atoms with van der Waals surface area (Å²) in [5, 5.41) is 1.12. The zero-order valence-electron chi connectivity index (χ0n) is 11.5. The lowest BCUT2D eigenvalue weighted by Crippen LogP contribution is -2.01. The molecule has 104 valence electrons. The van der Waals surface area contributed by atoms with Crippen LogP contribution in [0.15, 0.2) is 29.6 Å². The number of aryl methyl sites for hydroxylation is 1. The van der Waals surface area contributed by atoms with Gasteiger partial charge in [-0.2, -0.15) is 0 Å². The molecule has 0 radical (unpaired) electrons. The number of pyridine rings is 1. The molecule has 4 nitrogen and oxygen atoms in total. The van der Waals surface area contributed by atoms with Gasteiger partial charge in [0, 0.05) is 42.1 Å². The van der Waals surface area contributed by atoms with Crippen LogP contribution in [0.4, 0.5) is 0 Å². The summed E-state index contributed by atoms with van der Waals surface area (Å²) in [7, 11) is 1.73. The summed E-state index contributed by atoms with van der Waals surface area (Å²) in [5.74, 6) is 1.74. The second-order valence-corrected chi connectivity index (χ2v) is 5.79. The molecule has 2 aromatic rings. The smallest absolute Gasteiger partial charge is 0.160 e. The lowest BCUT2D eigenvalue weighted by atomic mass is 10.2. The first kappa shape index (κ1) is 13.5. The molecule has 0 bridgehead atoms. The van der Waals surface area contributed by atoms with Gasteiger partial charge in [0.25, 0.3) is 0 Å². The number of aromatic nitrogens is 3. The molecule has 0 spiro atoms. The van der Waals surface area contributed by atoms with Gasteiger partial charge in [-0.25, -0.2) is 9.97 Å². The molecular formula is C15H17N3OS. The Morgan fingerprint density at radius 2 is 2.05 bits per heavy atom. The monoisotopic (exact) mass is 287 g/mol. The third-order valence-electron chi connectivity index (χ3n) is 3.36. The molecule has 0 unspecified atom stereocenters. The fraction of sp³-hybridized carbons (Fsp3) is 0.400. The second kappa shape index (κ2) is 6.33. The van der Waals surface area contributed by atoms with Crippen molar-refractivity contribution in [2.75, 3.05) is 19.5 Å². The van der Waals surface area contributed by atoms with Crippen LogP contribution in [0.2, 0.25) is 0 Å². The molecule has 0 amide bonds. The van der Waals surface area contributed by atoms with Gasteiger partial charge in [0.05, 0.1) is 6.61 Å². The molecule has 20 heavy (non-hydrogen) atoms. The Morgan fingerprint density at radius 3 is 2.85 bits per heavy atom. The molecular weight excluding hydrogens is 270 g/mol. The number of ether oxygens (including phenoxy) is 1. The van der Waals surface area contributed by atoms with Crippen molar-refractivity contribution in [3.63, 3.8) is 0 Å². The van der Waals surface area contributed by atoms with Crippen LogP contribution < -0.4 is 0 Å². The van der Waals surface area contributed by atoms with E-state index in [1.165, 1.54) is 17.7 Å². The quantitative estimate of drug-likeness (QED) is 0.481. The minimum absolute atomic E-state index is 0.744. The number of methoxy groups -OCH3 is 1. The molecule has 3 rings (SSSR count). The fourth-order valence-corrected chi connectivity index (χ4v) is 3.36. The summed E-state index contributed by atoms with van der Waals surface area (Å²) < 4.78 is 5.13. The standard InChI is InChI=1S/C15H17N3OS/c1-19-9-10-20-15-12-3-2-4-13(12)17-14(18-15)11-5-7-16-8-6-11/h5-8H,2-4,9-10H2,1H3. The summed E-state index contributed by atoms with van der Waals surface area (Å²) in [6.45, 7) is 0.744. The molecule has 0 saturated carbocycles. The molecule has 2 aromatic heterocycles. The van der Waals surface area contributed by atoms with Crippen LogP contribution in [0, 0.1) is 0 Å². The van der Waals surface area contributed by atoms with Crippen LogP contribution in [0.3, 0.4) is 0 Å². The number of nitrogens with zero attached hydrogens (tertiary/aromatic N) is 3. The first-order valence-corrected chi connectivity index (χ1v) is 7.79. The molecule has 5 heteroatoms. The average Bonchev–Trinajstić information content (AvgIpc) is 2.97. The maximum absolute atomic E-state index is 5.13. The van der Waals surface area contributed by atoms with Gasteiger partial charge in [0.2, 0.25) is 0 Å². The van der Waals surface area contributed by atoms with Crippen LogP contribution in [0.5, 0.6) is 0 Å². The van der Waals surface area contributed by atoms with Crippen LogP contribution in [-0.2, 0) is 17.6 Å². The van der Waals surface area contributed by atoms with E-state index >= 15 is 0 Å². The summed E-state index contributed by atoms with van der Waals surface area (Å²) in [6.07, 6.45) is 6.91. The van der Waals surface area contributed by atoms with Crippen molar-refractivity contribution in [2.45, 2.75) is 24.3 Å². The lowest BCUT2D eigenvalue weighted by Gasteiger charge is -2.09. The normalized spacial score (nSPS) is 13.4. The predicted molar refractivity (Wildman–Crippen MR) is 79.9 cm³/mol. The third kappa shape index (κ3) is 2.83. The Morgan fingerprint density at radius 1 is 1.20 bits per heavy atom. The molecule has 0 aromatic carbocycles. The van der Waals surface area contributed by atoms with Crippen molar-refractivity contribution in [2.24, 2.45) is 0 Å². The SMILES string of the molecule is COCCSc1nc(-c2ccncc2)nc2c1CCC2. The van der Waals surface area contributed by atoms with E-state index in [1.54, 1.807) is 31.3 Å². The van der Waals surface area contributed by atoms with Crippen LogP contribution >= 0.6 is 11.8 Å². The van der Waals surface area contributed by atoms with Gasteiger partial charge in [-0.3, -0.25) is 4.98 Å². The van der Waals surface area contributed by atoms with Gasteiger partial charge in [0.1, 0.15) is 5.03 Å². The first-order valence-electron chi connectivity index (χ1n) is 6.80. The van der Waals surface area contributed by atoms with Crippen molar-refractivity contribution in [1.29, 1.82) is 0 Å². The summed E-state index contributed by atoms with van der Waals surface area (Å²) in [4.78, 5) is 13.5. The summed E-state index contributed by atoms with van der Waals surface area (Å²) in [5.41, 5.74) is 3.58. The minimum Gasteiger partial charge on any atom is -0.384 e. The highest BCUT2D eigenvalue weighted by Crippen LogP contribution is 2.31. The van der Waals surface area contributed by atoms with Crippen LogP contribution in [0.1, 0.15) is 17.7 Å². The van der Waals surface area contributed by atoms with Crippen molar-refractivity contribution in [1.82, 2.24) is 15.0 Å². The molecule has 1 aliphatic carbocycles. The van der Waals surface area contributed by atoms with E-state index in [2.05, 4.69) is 4.98 Å². The summed E-state index contributed by atoms with van der Waals surface area (Å²) >= 11 is 1.77.